The Bertz CT molecular complexity index is 2410. The lowest BCUT2D eigenvalue weighted by Crippen LogP contribution is -2.15. The summed E-state index contributed by atoms with van der Waals surface area (Å²) in [6, 6.07) is 52.8. The number of aromatic nitrogens is 2. The summed E-state index contributed by atoms with van der Waals surface area (Å²) < 4.78 is 2.27. The highest BCUT2D eigenvalue weighted by Gasteiger charge is 2.35. The van der Waals surface area contributed by atoms with Crippen LogP contribution in [0.3, 0.4) is 0 Å². The molecule has 0 bridgehead atoms. The molecular weight excluding hydrogens is 546 g/mol. The van der Waals surface area contributed by atoms with Gasteiger partial charge in [0.15, 0.2) is 0 Å². The molecule has 6 aromatic carbocycles. The molecule has 0 atom stereocenters. The van der Waals surface area contributed by atoms with Gasteiger partial charge in [-0.25, -0.2) is 4.98 Å². The van der Waals surface area contributed by atoms with E-state index in [2.05, 4.69) is 157 Å². The Hall–Kier alpha value is -5.67. The summed E-state index contributed by atoms with van der Waals surface area (Å²) in [5.41, 5.74) is 11.1. The van der Waals surface area contributed by atoms with Crippen LogP contribution in [0.25, 0.3) is 49.5 Å². The predicted octanol–water partition coefficient (Wildman–Crippen LogP) is 11.1. The van der Waals surface area contributed by atoms with Crippen LogP contribution in [0.5, 0.6) is 0 Å². The molecule has 3 heteroatoms. The molecule has 0 fully saturated rings. The Balaban J connectivity index is 1.32. The molecule has 0 amide bonds. The third kappa shape index (κ3) is 3.80. The third-order valence-corrected chi connectivity index (χ3v) is 9.63. The number of pyridine rings is 1. The predicted molar refractivity (Wildman–Crippen MR) is 188 cm³/mol. The van der Waals surface area contributed by atoms with E-state index in [9.17, 15) is 0 Å². The highest BCUT2D eigenvalue weighted by molar-refractivity contribution is 6.11. The maximum Gasteiger partial charge on any atom is 0.137 e. The zero-order valence-corrected chi connectivity index (χ0v) is 25.3. The van der Waals surface area contributed by atoms with E-state index in [1.165, 1.54) is 43.8 Å². The minimum Gasteiger partial charge on any atom is -0.310 e. The van der Waals surface area contributed by atoms with Crippen molar-refractivity contribution < 1.29 is 0 Å². The molecule has 1 aliphatic carbocycles. The van der Waals surface area contributed by atoms with Crippen molar-refractivity contribution in [2.45, 2.75) is 19.3 Å². The van der Waals surface area contributed by atoms with Gasteiger partial charge in [0.2, 0.25) is 0 Å². The van der Waals surface area contributed by atoms with E-state index in [-0.39, 0.29) is 5.41 Å². The van der Waals surface area contributed by atoms with Crippen molar-refractivity contribution in [3.8, 4) is 16.9 Å². The fourth-order valence-electron chi connectivity index (χ4n) is 7.51. The molecule has 2 heterocycles. The number of hydrogen-bond donors (Lipinski definition) is 0. The highest BCUT2D eigenvalue weighted by atomic mass is 15.1. The number of nitrogens with zero attached hydrogens (tertiary/aromatic N) is 3. The van der Waals surface area contributed by atoms with Gasteiger partial charge in [-0.1, -0.05) is 105 Å². The smallest absolute Gasteiger partial charge is 0.137 e. The number of benzene rings is 6. The molecular formula is C42H31N3. The largest absolute Gasteiger partial charge is 0.310 e. The zero-order valence-electron chi connectivity index (χ0n) is 25.3. The molecule has 0 unspecified atom stereocenters. The lowest BCUT2D eigenvalue weighted by molar-refractivity contribution is 0.660. The van der Waals surface area contributed by atoms with Gasteiger partial charge in [0, 0.05) is 39.1 Å². The van der Waals surface area contributed by atoms with Crippen LogP contribution in [-0.4, -0.2) is 9.55 Å². The summed E-state index contributed by atoms with van der Waals surface area (Å²) >= 11 is 0. The van der Waals surface area contributed by atoms with E-state index in [1.54, 1.807) is 0 Å². The van der Waals surface area contributed by atoms with Gasteiger partial charge >= 0.3 is 0 Å². The molecule has 0 saturated heterocycles. The fraction of sp³-hybridized carbons (Fsp3) is 0.0714. The quantitative estimate of drug-likeness (QED) is 0.207. The van der Waals surface area contributed by atoms with Gasteiger partial charge in [-0.05, 0) is 82.2 Å². The average molecular weight is 578 g/mol. The van der Waals surface area contributed by atoms with E-state index in [0.717, 1.165) is 33.9 Å². The average Bonchev–Trinajstić information content (AvgIpc) is 3.54. The van der Waals surface area contributed by atoms with Crippen LogP contribution >= 0.6 is 0 Å². The Labute approximate surface area is 262 Å². The molecule has 0 saturated carbocycles. The van der Waals surface area contributed by atoms with Gasteiger partial charge in [-0.15, -0.1) is 0 Å². The highest BCUT2D eigenvalue weighted by Crippen LogP contribution is 2.51. The normalized spacial score (nSPS) is 13.3. The Morgan fingerprint density at radius 3 is 2.11 bits per heavy atom. The first kappa shape index (κ1) is 25.8. The van der Waals surface area contributed by atoms with Crippen molar-refractivity contribution >= 4 is 49.6 Å². The second kappa shape index (κ2) is 9.67. The lowest BCUT2D eigenvalue weighted by Gasteiger charge is -2.28. The van der Waals surface area contributed by atoms with Gasteiger partial charge in [0.05, 0.1) is 16.7 Å². The fourth-order valence-corrected chi connectivity index (χ4v) is 7.51. The Kier molecular flexibility index (Phi) is 5.54. The van der Waals surface area contributed by atoms with Crippen LogP contribution in [-0.2, 0) is 5.41 Å². The first-order valence-corrected chi connectivity index (χ1v) is 15.6. The van der Waals surface area contributed by atoms with Crippen molar-refractivity contribution in [1.29, 1.82) is 0 Å². The number of rotatable bonds is 4. The molecule has 0 radical (unpaired) electrons. The standard InChI is InChI=1S/C42H31N3/c1-42(2)36-17-7-5-15-32(36)34-26-29(21-23-37(34)42)44(38-19-11-13-28-12-3-4-14-31(28)38)30-22-24-40-35(27-30)33-16-6-8-18-39(33)45(40)41-20-9-10-25-43-41/h3-27H,1-2H3. The summed E-state index contributed by atoms with van der Waals surface area (Å²) in [6.07, 6.45) is 1.86. The molecule has 9 rings (SSSR count). The zero-order chi connectivity index (χ0) is 30.1. The molecule has 45 heavy (non-hydrogen) atoms. The Morgan fingerprint density at radius 2 is 1.22 bits per heavy atom. The summed E-state index contributed by atoms with van der Waals surface area (Å²) in [5, 5.41) is 4.85. The Morgan fingerprint density at radius 1 is 0.533 bits per heavy atom. The summed E-state index contributed by atoms with van der Waals surface area (Å²) in [4.78, 5) is 7.16. The van der Waals surface area contributed by atoms with E-state index in [0.29, 0.717) is 0 Å². The number of anilines is 3. The van der Waals surface area contributed by atoms with E-state index in [1.807, 2.05) is 18.3 Å². The maximum absolute atomic E-state index is 4.72. The van der Waals surface area contributed by atoms with Gasteiger partial charge in [-0.2, -0.15) is 0 Å². The van der Waals surface area contributed by atoms with Crippen LogP contribution in [0.4, 0.5) is 17.1 Å². The van der Waals surface area contributed by atoms with Gasteiger partial charge in [0.25, 0.3) is 0 Å². The molecule has 2 aromatic heterocycles. The van der Waals surface area contributed by atoms with E-state index >= 15 is 0 Å². The van der Waals surface area contributed by atoms with E-state index in [4.69, 9.17) is 4.98 Å². The van der Waals surface area contributed by atoms with Crippen LogP contribution in [0.1, 0.15) is 25.0 Å². The van der Waals surface area contributed by atoms with Crippen LogP contribution in [0.2, 0.25) is 0 Å². The van der Waals surface area contributed by atoms with Gasteiger partial charge in [0.1, 0.15) is 5.82 Å². The van der Waals surface area contributed by atoms with Crippen molar-refractivity contribution in [3.63, 3.8) is 0 Å². The third-order valence-electron chi connectivity index (χ3n) is 9.63. The monoisotopic (exact) mass is 577 g/mol. The van der Waals surface area contributed by atoms with Crippen LogP contribution in [0, 0.1) is 0 Å². The van der Waals surface area contributed by atoms with Gasteiger partial charge in [-0.3, -0.25) is 4.57 Å². The van der Waals surface area contributed by atoms with Crippen molar-refractivity contribution in [1.82, 2.24) is 9.55 Å². The van der Waals surface area contributed by atoms with Gasteiger partial charge < -0.3 is 4.90 Å². The van der Waals surface area contributed by atoms with Crippen molar-refractivity contribution in [2.24, 2.45) is 0 Å². The minimum absolute atomic E-state index is 0.0407. The van der Waals surface area contributed by atoms with Crippen molar-refractivity contribution in [2.75, 3.05) is 4.90 Å². The lowest BCUT2D eigenvalue weighted by atomic mass is 9.82. The molecule has 1 aliphatic rings. The summed E-state index contributed by atoms with van der Waals surface area (Å²) in [5.74, 6) is 0.919. The molecule has 0 aliphatic heterocycles. The van der Waals surface area contributed by atoms with Crippen LogP contribution in [0.15, 0.2) is 152 Å². The molecule has 0 N–H and O–H groups in total. The molecule has 8 aromatic rings. The second-order valence-corrected chi connectivity index (χ2v) is 12.5. The molecule has 3 nitrogen and oxygen atoms in total. The summed E-state index contributed by atoms with van der Waals surface area (Å²) in [6.45, 7) is 4.68. The van der Waals surface area contributed by atoms with Crippen LogP contribution < -0.4 is 4.90 Å². The number of para-hydroxylation sites is 1. The summed E-state index contributed by atoms with van der Waals surface area (Å²) in [7, 11) is 0. The SMILES string of the molecule is CC1(C)c2ccccc2-c2cc(N(c3ccc4c(c3)c3ccccc3n4-c3ccccn3)c3cccc4ccccc34)ccc21. The topological polar surface area (TPSA) is 21.1 Å². The minimum atomic E-state index is -0.0407. The molecule has 214 valence electrons. The second-order valence-electron chi connectivity index (χ2n) is 12.5. The number of hydrogen-bond acceptors (Lipinski definition) is 2. The maximum atomic E-state index is 4.72. The molecule has 0 spiro atoms. The first-order valence-electron chi connectivity index (χ1n) is 15.6. The first-order chi connectivity index (χ1) is 22.1. The van der Waals surface area contributed by atoms with E-state index < -0.39 is 0 Å². The van der Waals surface area contributed by atoms with Crippen molar-refractivity contribution in [3.05, 3.63) is 163 Å². The number of fused-ring (bicyclic) bond motifs is 7.